The summed E-state index contributed by atoms with van der Waals surface area (Å²) in [5, 5.41) is 10.2. The normalized spacial score (nSPS) is 19.8. The summed E-state index contributed by atoms with van der Waals surface area (Å²) in [5.74, 6) is 0.112. The highest BCUT2D eigenvalue weighted by atomic mass is 16.6. The Morgan fingerprint density at radius 1 is 0.509 bits per heavy atom. The molecule has 0 aromatic heterocycles. The number of benzene rings is 1. The molecule has 1 aromatic carbocycles. The first-order chi connectivity index (χ1) is 27.9. The Bertz CT molecular complexity index is 1080. The van der Waals surface area contributed by atoms with Crippen LogP contribution < -0.4 is 0 Å². The van der Waals surface area contributed by atoms with Crippen LogP contribution in [0.15, 0.2) is 30.3 Å². The van der Waals surface area contributed by atoms with E-state index in [9.17, 15) is 14.7 Å². The van der Waals surface area contributed by atoms with Crippen LogP contribution in [-0.2, 0) is 30.4 Å². The molecule has 0 saturated carbocycles. The number of cyclic esters (lactones) is 2. The van der Waals surface area contributed by atoms with Crippen molar-refractivity contribution in [3.8, 4) is 0 Å². The Morgan fingerprint density at radius 3 is 1.33 bits per heavy atom. The molecule has 6 heteroatoms. The molecule has 2 heterocycles. The molecule has 1 aromatic rings. The molecule has 2 aliphatic heterocycles. The first kappa shape index (κ1) is 51.2. The molecule has 6 atom stereocenters. The van der Waals surface area contributed by atoms with Gasteiger partial charge in [-0.3, -0.25) is 9.59 Å². The predicted molar refractivity (Wildman–Crippen MR) is 238 cm³/mol. The van der Waals surface area contributed by atoms with Crippen molar-refractivity contribution in [2.24, 2.45) is 11.8 Å². The van der Waals surface area contributed by atoms with Crippen molar-refractivity contribution in [1.29, 1.82) is 0 Å². The van der Waals surface area contributed by atoms with E-state index < -0.39 is 0 Å². The zero-order valence-corrected chi connectivity index (χ0v) is 37.7. The van der Waals surface area contributed by atoms with Gasteiger partial charge in [-0.1, -0.05) is 225 Å². The summed E-state index contributed by atoms with van der Waals surface area (Å²) in [6.07, 6.45) is 38.6. The van der Waals surface area contributed by atoms with Gasteiger partial charge >= 0.3 is 11.9 Å². The van der Waals surface area contributed by atoms with E-state index >= 15 is 0 Å². The van der Waals surface area contributed by atoms with Crippen molar-refractivity contribution in [3.05, 3.63) is 35.9 Å². The summed E-state index contributed by atoms with van der Waals surface area (Å²) in [7, 11) is 0. The van der Waals surface area contributed by atoms with Gasteiger partial charge in [0.05, 0.1) is 30.7 Å². The number of hydrogen-bond donors (Lipinski definition) is 1. The quantitative estimate of drug-likeness (QED) is 0.0533. The fourth-order valence-corrected chi connectivity index (χ4v) is 8.49. The van der Waals surface area contributed by atoms with Crippen molar-refractivity contribution >= 4 is 11.9 Å². The number of carbonyl (C=O) groups excluding carboxylic acids is 2. The van der Waals surface area contributed by atoms with Crippen LogP contribution in [0.5, 0.6) is 0 Å². The summed E-state index contributed by atoms with van der Waals surface area (Å²) < 4.78 is 17.2. The monoisotopic (exact) mass is 799 g/mol. The summed E-state index contributed by atoms with van der Waals surface area (Å²) in [6.45, 7) is 9.59. The van der Waals surface area contributed by atoms with Gasteiger partial charge < -0.3 is 19.3 Å². The maximum absolute atomic E-state index is 12.0. The van der Waals surface area contributed by atoms with Crippen LogP contribution >= 0.6 is 0 Å². The zero-order chi connectivity index (χ0) is 41.2. The van der Waals surface area contributed by atoms with E-state index in [2.05, 4.69) is 52.0 Å². The minimum Gasteiger partial charge on any atom is -0.461 e. The number of aliphatic hydroxyl groups is 1. The molecule has 2 saturated heterocycles. The molecule has 2 unspecified atom stereocenters. The van der Waals surface area contributed by atoms with Gasteiger partial charge in [0.15, 0.2) is 0 Å². The van der Waals surface area contributed by atoms with Crippen LogP contribution in [0, 0.1) is 11.8 Å². The van der Waals surface area contributed by atoms with Crippen LogP contribution in [0.2, 0.25) is 0 Å². The smallest absolute Gasteiger partial charge is 0.313 e. The van der Waals surface area contributed by atoms with E-state index in [0.717, 1.165) is 51.4 Å². The molecule has 57 heavy (non-hydrogen) atoms. The molecule has 330 valence electrons. The zero-order valence-electron chi connectivity index (χ0n) is 37.7. The van der Waals surface area contributed by atoms with Gasteiger partial charge in [-0.25, -0.2) is 0 Å². The van der Waals surface area contributed by atoms with Gasteiger partial charge in [-0.15, -0.1) is 0 Å². The van der Waals surface area contributed by atoms with E-state index in [4.69, 9.17) is 14.2 Å². The molecule has 1 N–H and O–H groups in total. The van der Waals surface area contributed by atoms with Crippen molar-refractivity contribution in [2.75, 3.05) is 0 Å². The summed E-state index contributed by atoms with van der Waals surface area (Å²) >= 11 is 0. The number of rotatable bonds is 37. The Kier molecular flexibility index (Phi) is 31.4. The second-order valence-electron chi connectivity index (χ2n) is 17.6. The molecule has 6 nitrogen and oxygen atoms in total. The van der Waals surface area contributed by atoms with E-state index in [0.29, 0.717) is 13.0 Å². The van der Waals surface area contributed by atoms with Crippen LogP contribution in [0.4, 0.5) is 0 Å². The van der Waals surface area contributed by atoms with Crippen LogP contribution in [0.3, 0.4) is 0 Å². The molecule has 0 amide bonds. The summed E-state index contributed by atoms with van der Waals surface area (Å²) in [5.41, 5.74) is 1.21. The third-order valence-corrected chi connectivity index (χ3v) is 12.4. The average Bonchev–Trinajstić information content (AvgIpc) is 3.21. The highest BCUT2D eigenvalue weighted by Crippen LogP contribution is 2.34. The molecule has 0 radical (unpaired) electrons. The molecule has 3 rings (SSSR count). The highest BCUT2D eigenvalue weighted by molar-refractivity contribution is 5.78. The van der Waals surface area contributed by atoms with Gasteiger partial charge in [0.25, 0.3) is 0 Å². The van der Waals surface area contributed by atoms with Crippen molar-refractivity contribution in [2.45, 2.75) is 264 Å². The van der Waals surface area contributed by atoms with Gasteiger partial charge in [0, 0.05) is 12.8 Å². The number of aliphatic hydroxyl groups excluding tert-OH is 1. The lowest BCUT2D eigenvalue weighted by Gasteiger charge is -2.37. The molecule has 2 fully saturated rings. The number of hydrogen-bond acceptors (Lipinski definition) is 6. The molecule has 0 aliphatic carbocycles. The third-order valence-electron chi connectivity index (χ3n) is 12.4. The fourth-order valence-electron chi connectivity index (χ4n) is 8.49. The van der Waals surface area contributed by atoms with E-state index in [-0.39, 0.29) is 48.2 Å². The maximum Gasteiger partial charge on any atom is 0.313 e. The Morgan fingerprint density at radius 2 is 0.895 bits per heavy atom. The first-order valence-electron chi connectivity index (χ1n) is 24.7. The van der Waals surface area contributed by atoms with Crippen LogP contribution in [0.1, 0.15) is 239 Å². The topological polar surface area (TPSA) is 82.1 Å². The van der Waals surface area contributed by atoms with Gasteiger partial charge in [-0.2, -0.15) is 0 Å². The van der Waals surface area contributed by atoms with Crippen molar-refractivity contribution in [3.63, 3.8) is 0 Å². The lowest BCUT2D eigenvalue weighted by molar-refractivity contribution is -0.190. The molecule has 0 spiro atoms. The average molecular weight is 799 g/mol. The van der Waals surface area contributed by atoms with Crippen LogP contribution in [-0.4, -0.2) is 41.5 Å². The Hall–Kier alpha value is -1.92. The lowest BCUT2D eigenvalue weighted by Crippen LogP contribution is -2.47. The van der Waals surface area contributed by atoms with Gasteiger partial charge in [0.1, 0.15) is 12.2 Å². The summed E-state index contributed by atoms with van der Waals surface area (Å²) in [4.78, 5) is 23.6. The maximum atomic E-state index is 12.0. The number of carbonyl (C=O) groups is 2. The Balaban J connectivity index is 0.000000406. The molecular weight excluding hydrogens is 709 g/mol. The van der Waals surface area contributed by atoms with Crippen molar-refractivity contribution < 1.29 is 28.9 Å². The second-order valence-corrected chi connectivity index (χ2v) is 17.6. The van der Waals surface area contributed by atoms with Crippen LogP contribution in [0.25, 0.3) is 0 Å². The second kappa shape index (κ2) is 34.9. The van der Waals surface area contributed by atoms with E-state index in [1.807, 2.05) is 6.07 Å². The SMILES string of the molecule is CCCCCCCCCCC[C@@H](O)CC1OC(=O)[C@H]1CCCCCC.CCCCCCCCCCC[C@H](CC1OC(=O)[C@H]1CCCCCC)OCc1ccccc1. The minimum absolute atomic E-state index is 0.0105. The standard InChI is InChI=1S/C29H48O3.C22H42O3/c1-3-5-7-9-10-11-12-13-17-21-26(31-24-25-19-15-14-16-20-25)23-28-27(29(30)32-28)22-18-8-6-4-2;1-3-5-7-9-10-11-12-13-14-16-19(23)18-21-20(22(24)25-21)17-15-8-6-4-2/h14-16,19-20,26-28H,3-13,17-18,21-24H2,1-2H3;19-21,23H,3-18H2,1-2H3/t26-,27+,28?;19-,20+,21?/m11/s1. The lowest BCUT2D eigenvalue weighted by atomic mass is 9.86. The van der Waals surface area contributed by atoms with E-state index in [1.54, 1.807) is 0 Å². The third kappa shape index (κ3) is 24.7. The summed E-state index contributed by atoms with van der Waals surface area (Å²) in [6, 6.07) is 10.4. The number of unbranched alkanes of at least 4 members (excludes halogenated alkanes) is 22. The van der Waals surface area contributed by atoms with Crippen molar-refractivity contribution in [1.82, 2.24) is 0 Å². The minimum atomic E-state index is -0.305. The van der Waals surface area contributed by atoms with Gasteiger partial charge in [-0.05, 0) is 31.2 Å². The molecule has 0 bridgehead atoms. The first-order valence-corrected chi connectivity index (χ1v) is 24.7. The largest absolute Gasteiger partial charge is 0.461 e. The number of esters is 2. The highest BCUT2D eigenvalue weighted by Gasteiger charge is 2.43. The predicted octanol–water partition coefficient (Wildman–Crippen LogP) is 14.6. The Labute approximate surface area is 351 Å². The van der Waals surface area contributed by atoms with E-state index in [1.165, 1.54) is 153 Å². The van der Waals surface area contributed by atoms with Gasteiger partial charge in [0.2, 0.25) is 0 Å². The molecule has 2 aliphatic rings. The number of ether oxygens (including phenoxy) is 3. The fraction of sp³-hybridized carbons (Fsp3) is 0.843. The molecular formula is C51H90O6.